The lowest BCUT2D eigenvalue weighted by molar-refractivity contribution is -0.271. The third-order valence-corrected chi connectivity index (χ3v) is 3.27. The molecule has 154 valence electrons. The predicted octanol–water partition coefficient (Wildman–Crippen LogP) is -0.823. The zero-order valence-corrected chi connectivity index (χ0v) is 14.4. The molecule has 1 rings (SSSR count). The highest BCUT2D eigenvalue weighted by atomic mass is 19.4. The molecule has 5 atom stereocenters. The Kier molecular flexibility index (Phi) is 7.54. The fraction of sp³-hybridized carbons (Fsp3) is 0.714. The van der Waals surface area contributed by atoms with E-state index in [1.807, 2.05) is 0 Å². The summed E-state index contributed by atoms with van der Waals surface area (Å²) in [5, 5.41) is 10.9. The van der Waals surface area contributed by atoms with Crippen molar-refractivity contribution in [2.24, 2.45) is 0 Å². The van der Waals surface area contributed by atoms with Crippen LogP contribution in [-0.4, -0.2) is 72.3 Å². The van der Waals surface area contributed by atoms with Gasteiger partial charge in [-0.2, -0.15) is 13.2 Å². The van der Waals surface area contributed by atoms with E-state index >= 15 is 0 Å². The van der Waals surface area contributed by atoms with E-state index in [0.29, 0.717) is 0 Å². The second-order valence-corrected chi connectivity index (χ2v) is 5.48. The van der Waals surface area contributed by atoms with E-state index in [4.69, 9.17) is 18.9 Å². The Morgan fingerprint density at radius 3 is 1.85 bits per heavy atom. The molecule has 0 bridgehead atoms. The van der Waals surface area contributed by atoms with Crippen LogP contribution in [0.5, 0.6) is 0 Å². The lowest BCUT2D eigenvalue weighted by atomic mass is 9.96. The average Bonchev–Trinajstić information content (AvgIpc) is 2.50. The summed E-state index contributed by atoms with van der Waals surface area (Å²) in [6, 6.07) is -1.88. The number of aliphatic hydroxyl groups excluding tert-OH is 1. The van der Waals surface area contributed by atoms with Gasteiger partial charge in [0.2, 0.25) is 6.29 Å². The molecule has 1 aliphatic rings. The van der Waals surface area contributed by atoms with Gasteiger partial charge >= 0.3 is 30.0 Å². The first-order chi connectivity index (χ1) is 12.4. The average molecular weight is 401 g/mol. The molecular formula is C14H18F3NO9. The predicted molar refractivity (Wildman–Crippen MR) is 76.6 cm³/mol. The van der Waals surface area contributed by atoms with Crippen LogP contribution in [0.2, 0.25) is 0 Å². The van der Waals surface area contributed by atoms with Gasteiger partial charge in [-0.15, -0.1) is 0 Å². The van der Waals surface area contributed by atoms with E-state index < -0.39 is 67.2 Å². The maximum Gasteiger partial charge on any atom is 0.471 e. The van der Waals surface area contributed by atoms with Crippen LogP contribution in [0.25, 0.3) is 0 Å². The lowest BCUT2D eigenvalue weighted by Gasteiger charge is -2.44. The van der Waals surface area contributed by atoms with Crippen molar-refractivity contribution in [3.05, 3.63) is 0 Å². The zero-order valence-electron chi connectivity index (χ0n) is 14.4. The van der Waals surface area contributed by atoms with Crippen molar-refractivity contribution in [2.75, 3.05) is 6.61 Å². The summed E-state index contributed by atoms with van der Waals surface area (Å²) in [5.41, 5.74) is 0. The van der Waals surface area contributed by atoms with E-state index in [0.717, 1.165) is 20.8 Å². The van der Waals surface area contributed by atoms with E-state index in [9.17, 15) is 37.5 Å². The molecule has 1 aliphatic heterocycles. The molecule has 1 fully saturated rings. The summed E-state index contributed by atoms with van der Waals surface area (Å²) >= 11 is 0. The molecule has 0 aromatic carbocycles. The third-order valence-electron chi connectivity index (χ3n) is 3.27. The summed E-state index contributed by atoms with van der Waals surface area (Å²) in [7, 11) is 0. The van der Waals surface area contributed by atoms with Gasteiger partial charge in [-0.3, -0.25) is 19.2 Å². The van der Waals surface area contributed by atoms with Crippen LogP contribution in [0.3, 0.4) is 0 Å². The summed E-state index contributed by atoms with van der Waals surface area (Å²) in [4.78, 5) is 45.3. The van der Waals surface area contributed by atoms with Gasteiger partial charge in [0.15, 0.2) is 12.2 Å². The van der Waals surface area contributed by atoms with Crippen LogP contribution in [0.1, 0.15) is 20.8 Å². The molecule has 0 saturated carbocycles. The Morgan fingerprint density at radius 2 is 1.44 bits per heavy atom. The first-order valence-corrected chi connectivity index (χ1v) is 7.52. The number of alkyl halides is 3. The number of ether oxygens (including phenoxy) is 4. The Labute approximate surface area is 150 Å². The Hall–Kier alpha value is -2.41. The van der Waals surface area contributed by atoms with Crippen molar-refractivity contribution in [1.29, 1.82) is 0 Å². The van der Waals surface area contributed by atoms with Gasteiger partial charge in [0.25, 0.3) is 0 Å². The van der Waals surface area contributed by atoms with Crippen LogP contribution in [0.4, 0.5) is 13.2 Å². The maximum atomic E-state index is 12.6. The largest absolute Gasteiger partial charge is 0.471 e. The van der Waals surface area contributed by atoms with E-state index in [2.05, 4.69) is 0 Å². The summed E-state index contributed by atoms with van der Waals surface area (Å²) in [5.74, 6) is -5.35. The molecule has 1 saturated heterocycles. The van der Waals surface area contributed by atoms with Gasteiger partial charge in [-0.25, -0.2) is 0 Å². The molecule has 2 unspecified atom stereocenters. The minimum atomic E-state index is -5.31. The van der Waals surface area contributed by atoms with Crippen molar-refractivity contribution < 1.29 is 56.4 Å². The Bertz CT molecular complexity index is 595. The molecule has 0 spiro atoms. The number of rotatable bonds is 5. The number of carbonyl (C=O) groups is 4. The molecule has 1 heterocycles. The maximum absolute atomic E-state index is 12.6. The highest BCUT2D eigenvalue weighted by Crippen LogP contribution is 2.28. The molecule has 0 aliphatic carbocycles. The van der Waals surface area contributed by atoms with Crippen molar-refractivity contribution >= 4 is 23.8 Å². The Morgan fingerprint density at radius 1 is 0.963 bits per heavy atom. The first kappa shape index (κ1) is 22.6. The van der Waals surface area contributed by atoms with Crippen molar-refractivity contribution in [3.8, 4) is 0 Å². The second kappa shape index (κ2) is 8.99. The number of carbonyl (C=O) groups excluding carboxylic acids is 4. The van der Waals surface area contributed by atoms with E-state index in [-0.39, 0.29) is 0 Å². The van der Waals surface area contributed by atoms with Crippen LogP contribution < -0.4 is 5.32 Å². The number of esters is 3. The van der Waals surface area contributed by atoms with Gasteiger partial charge in [0.05, 0.1) is 6.61 Å². The van der Waals surface area contributed by atoms with Gasteiger partial charge in [0, 0.05) is 20.8 Å². The molecule has 27 heavy (non-hydrogen) atoms. The molecule has 10 nitrogen and oxygen atoms in total. The number of aliphatic hydroxyl groups is 1. The highest BCUT2D eigenvalue weighted by Gasteiger charge is 2.53. The molecule has 0 radical (unpaired) electrons. The third kappa shape index (κ3) is 6.36. The lowest BCUT2D eigenvalue weighted by Crippen LogP contribution is -2.67. The normalized spacial score (nSPS) is 28.0. The van der Waals surface area contributed by atoms with E-state index in [1.54, 1.807) is 0 Å². The molecule has 13 heteroatoms. The van der Waals surface area contributed by atoms with Gasteiger partial charge in [0.1, 0.15) is 12.1 Å². The SMILES string of the molecule is CC(=O)OC1[C@H](OC(C)=O)C(CO)O[C@@H](OC(C)=O)[C@H]1NC(=O)C(F)(F)F. The number of halogens is 3. The molecule has 0 aromatic heterocycles. The van der Waals surface area contributed by atoms with Crippen molar-refractivity contribution in [1.82, 2.24) is 5.32 Å². The fourth-order valence-corrected chi connectivity index (χ4v) is 2.37. The van der Waals surface area contributed by atoms with Crippen molar-refractivity contribution in [3.63, 3.8) is 0 Å². The van der Waals surface area contributed by atoms with E-state index in [1.165, 1.54) is 5.32 Å². The number of amides is 1. The number of hydrogen-bond donors (Lipinski definition) is 2. The first-order valence-electron chi connectivity index (χ1n) is 7.52. The second-order valence-electron chi connectivity index (χ2n) is 5.48. The monoisotopic (exact) mass is 401 g/mol. The molecule has 1 amide bonds. The number of nitrogens with one attached hydrogen (secondary N) is 1. The fourth-order valence-electron chi connectivity index (χ4n) is 2.37. The van der Waals surface area contributed by atoms with Crippen LogP contribution >= 0.6 is 0 Å². The topological polar surface area (TPSA) is 137 Å². The zero-order chi connectivity index (χ0) is 20.9. The van der Waals surface area contributed by atoms with Gasteiger partial charge in [-0.05, 0) is 0 Å². The van der Waals surface area contributed by atoms with Crippen molar-refractivity contribution in [2.45, 2.75) is 57.6 Å². The standard InChI is InChI=1S/C14H18F3NO9/c1-5(20)24-10-8(4-19)27-12(26-7(3)22)9(11(10)25-6(2)21)18-13(23)14(15,16)17/h8-12,19H,4H2,1-3H3,(H,18,23)/t8?,9-,10+,11?,12+/m0/s1. The van der Waals surface area contributed by atoms with Gasteiger partial charge in [-0.1, -0.05) is 0 Å². The summed E-state index contributed by atoms with van der Waals surface area (Å²) < 4.78 is 57.6. The quantitative estimate of drug-likeness (QED) is 0.447. The molecular weight excluding hydrogens is 383 g/mol. The van der Waals surface area contributed by atoms with Crippen LogP contribution in [0.15, 0.2) is 0 Å². The molecule has 0 aromatic rings. The molecule has 2 N–H and O–H groups in total. The summed E-state index contributed by atoms with van der Waals surface area (Å²) in [6.45, 7) is 1.96. The van der Waals surface area contributed by atoms with Crippen LogP contribution in [-0.2, 0) is 38.1 Å². The van der Waals surface area contributed by atoms with Gasteiger partial charge < -0.3 is 29.4 Å². The Balaban J connectivity index is 3.32. The number of hydrogen-bond acceptors (Lipinski definition) is 9. The minimum absolute atomic E-state index is 0.826. The smallest absolute Gasteiger partial charge is 0.456 e. The van der Waals surface area contributed by atoms with Crippen LogP contribution in [0, 0.1) is 0 Å². The summed E-state index contributed by atoms with van der Waals surface area (Å²) in [6.07, 6.45) is -11.9. The minimum Gasteiger partial charge on any atom is -0.456 e. The highest BCUT2D eigenvalue weighted by molar-refractivity contribution is 5.82.